The van der Waals surface area contributed by atoms with Crippen molar-refractivity contribution in [2.45, 2.75) is 71.3 Å². The molecule has 0 spiro atoms. The lowest BCUT2D eigenvalue weighted by Crippen LogP contribution is -2.13. The first kappa shape index (κ1) is 12.9. The van der Waals surface area contributed by atoms with Crippen LogP contribution in [0.5, 0.6) is 0 Å². The summed E-state index contributed by atoms with van der Waals surface area (Å²) in [5.41, 5.74) is 0. The van der Waals surface area contributed by atoms with Gasteiger partial charge in [0.2, 0.25) is 0 Å². The standard InChI is InChI=1S/C15H26O2/c1-11(2)14-10-13(17-15(14)16)9-8-12-6-4-3-5-7-12/h11-14H,3-10H2,1-2H3/t13-,14+/m1/s1. The molecule has 0 aromatic heterocycles. The summed E-state index contributed by atoms with van der Waals surface area (Å²) in [7, 11) is 0. The Labute approximate surface area is 105 Å². The van der Waals surface area contributed by atoms with E-state index in [1.54, 1.807) is 0 Å². The van der Waals surface area contributed by atoms with E-state index in [4.69, 9.17) is 4.74 Å². The van der Waals surface area contributed by atoms with Gasteiger partial charge in [0, 0.05) is 0 Å². The average molecular weight is 238 g/mol. The molecule has 1 saturated heterocycles. The van der Waals surface area contributed by atoms with Crippen LogP contribution in [0.2, 0.25) is 0 Å². The monoisotopic (exact) mass is 238 g/mol. The number of hydrogen-bond acceptors (Lipinski definition) is 2. The van der Waals surface area contributed by atoms with Crippen LogP contribution in [0.3, 0.4) is 0 Å². The summed E-state index contributed by atoms with van der Waals surface area (Å²) in [6.45, 7) is 4.24. The third-order valence-corrected chi connectivity index (χ3v) is 4.53. The van der Waals surface area contributed by atoms with Crippen LogP contribution in [0.1, 0.15) is 65.2 Å². The van der Waals surface area contributed by atoms with E-state index >= 15 is 0 Å². The van der Waals surface area contributed by atoms with Crippen molar-refractivity contribution in [3.8, 4) is 0 Å². The molecule has 2 heteroatoms. The number of esters is 1. The van der Waals surface area contributed by atoms with Gasteiger partial charge in [-0.15, -0.1) is 0 Å². The normalized spacial score (nSPS) is 30.9. The van der Waals surface area contributed by atoms with E-state index in [9.17, 15) is 4.79 Å². The van der Waals surface area contributed by atoms with Gasteiger partial charge in [-0.2, -0.15) is 0 Å². The van der Waals surface area contributed by atoms with Gasteiger partial charge < -0.3 is 4.74 Å². The SMILES string of the molecule is CC(C)[C@@H]1C[C@@H](CCC2CCCCC2)OC1=O. The largest absolute Gasteiger partial charge is 0.462 e. The number of carbonyl (C=O) groups is 1. The summed E-state index contributed by atoms with van der Waals surface area (Å²) in [6.07, 6.45) is 10.6. The van der Waals surface area contributed by atoms with E-state index in [1.807, 2.05) is 0 Å². The maximum Gasteiger partial charge on any atom is 0.309 e. The first-order chi connectivity index (χ1) is 8.16. The molecule has 2 atom stereocenters. The van der Waals surface area contributed by atoms with Crippen molar-refractivity contribution in [3.05, 3.63) is 0 Å². The second-order valence-corrected chi connectivity index (χ2v) is 6.23. The van der Waals surface area contributed by atoms with Crippen molar-refractivity contribution in [1.82, 2.24) is 0 Å². The summed E-state index contributed by atoms with van der Waals surface area (Å²) in [5.74, 6) is 1.54. The molecule has 98 valence electrons. The Morgan fingerprint density at radius 2 is 1.88 bits per heavy atom. The second kappa shape index (κ2) is 5.88. The first-order valence-corrected chi connectivity index (χ1v) is 7.37. The van der Waals surface area contributed by atoms with Crippen molar-refractivity contribution in [3.63, 3.8) is 0 Å². The van der Waals surface area contributed by atoms with Crippen molar-refractivity contribution in [1.29, 1.82) is 0 Å². The maximum atomic E-state index is 11.7. The van der Waals surface area contributed by atoms with Gasteiger partial charge in [-0.25, -0.2) is 0 Å². The summed E-state index contributed by atoms with van der Waals surface area (Å²) >= 11 is 0. The van der Waals surface area contributed by atoms with E-state index in [2.05, 4.69) is 13.8 Å². The highest BCUT2D eigenvalue weighted by Gasteiger charge is 2.36. The summed E-state index contributed by atoms with van der Waals surface area (Å²) in [4.78, 5) is 11.7. The highest BCUT2D eigenvalue weighted by atomic mass is 16.5. The van der Waals surface area contributed by atoms with Gasteiger partial charge in [0.05, 0.1) is 5.92 Å². The fraction of sp³-hybridized carbons (Fsp3) is 0.933. The molecule has 2 nitrogen and oxygen atoms in total. The van der Waals surface area contributed by atoms with E-state index < -0.39 is 0 Å². The molecule has 1 aliphatic heterocycles. The molecule has 2 rings (SSSR count). The van der Waals surface area contributed by atoms with Crippen LogP contribution in [0, 0.1) is 17.8 Å². The molecule has 0 N–H and O–H groups in total. The highest BCUT2D eigenvalue weighted by molar-refractivity contribution is 5.74. The number of ether oxygens (including phenoxy) is 1. The van der Waals surface area contributed by atoms with Crippen LogP contribution in [0.4, 0.5) is 0 Å². The second-order valence-electron chi connectivity index (χ2n) is 6.23. The minimum Gasteiger partial charge on any atom is -0.462 e. The molecule has 2 fully saturated rings. The van der Waals surface area contributed by atoms with Gasteiger partial charge in [0.15, 0.2) is 0 Å². The Morgan fingerprint density at radius 1 is 1.18 bits per heavy atom. The zero-order valence-corrected chi connectivity index (χ0v) is 11.3. The molecular weight excluding hydrogens is 212 g/mol. The van der Waals surface area contributed by atoms with Gasteiger partial charge in [-0.05, 0) is 31.1 Å². The molecule has 1 aliphatic carbocycles. The number of rotatable bonds is 4. The lowest BCUT2D eigenvalue weighted by Gasteiger charge is -2.22. The van der Waals surface area contributed by atoms with Crippen LogP contribution < -0.4 is 0 Å². The third-order valence-electron chi connectivity index (χ3n) is 4.53. The molecule has 1 saturated carbocycles. The number of cyclic esters (lactones) is 1. The zero-order valence-electron chi connectivity index (χ0n) is 11.3. The molecular formula is C15H26O2. The van der Waals surface area contributed by atoms with Crippen LogP contribution in [0.15, 0.2) is 0 Å². The third kappa shape index (κ3) is 3.46. The molecule has 1 heterocycles. The smallest absolute Gasteiger partial charge is 0.309 e. The first-order valence-electron chi connectivity index (χ1n) is 7.37. The minimum atomic E-state index is 0.0497. The van der Waals surface area contributed by atoms with E-state index in [0.29, 0.717) is 5.92 Å². The molecule has 17 heavy (non-hydrogen) atoms. The Kier molecular flexibility index (Phi) is 4.47. The number of hydrogen-bond donors (Lipinski definition) is 0. The fourth-order valence-corrected chi connectivity index (χ4v) is 3.30. The Morgan fingerprint density at radius 3 is 2.47 bits per heavy atom. The Hall–Kier alpha value is -0.530. The van der Waals surface area contributed by atoms with Gasteiger partial charge >= 0.3 is 5.97 Å². The molecule has 0 aromatic rings. The van der Waals surface area contributed by atoms with Crippen LogP contribution in [-0.2, 0) is 9.53 Å². The van der Waals surface area contributed by atoms with Crippen LogP contribution in [-0.4, -0.2) is 12.1 Å². The summed E-state index contributed by atoms with van der Waals surface area (Å²) in [5, 5.41) is 0. The van der Waals surface area contributed by atoms with Crippen molar-refractivity contribution >= 4 is 5.97 Å². The molecule has 0 amide bonds. The summed E-state index contributed by atoms with van der Waals surface area (Å²) in [6, 6.07) is 0. The lowest BCUT2D eigenvalue weighted by molar-refractivity contribution is -0.145. The van der Waals surface area contributed by atoms with Gasteiger partial charge in [0.1, 0.15) is 6.10 Å². The van der Waals surface area contributed by atoms with E-state index in [1.165, 1.54) is 38.5 Å². The summed E-state index contributed by atoms with van der Waals surface area (Å²) < 4.78 is 5.49. The zero-order chi connectivity index (χ0) is 12.3. The quantitative estimate of drug-likeness (QED) is 0.694. The molecule has 0 unspecified atom stereocenters. The average Bonchev–Trinajstić information content (AvgIpc) is 2.69. The Balaban J connectivity index is 1.71. The van der Waals surface area contributed by atoms with E-state index in [-0.39, 0.29) is 18.0 Å². The predicted molar refractivity (Wildman–Crippen MR) is 68.6 cm³/mol. The lowest BCUT2D eigenvalue weighted by atomic mass is 9.84. The van der Waals surface area contributed by atoms with E-state index in [0.717, 1.165) is 18.8 Å². The molecule has 0 aromatic carbocycles. The van der Waals surface area contributed by atoms with Crippen LogP contribution in [0.25, 0.3) is 0 Å². The van der Waals surface area contributed by atoms with Crippen molar-refractivity contribution < 1.29 is 9.53 Å². The van der Waals surface area contributed by atoms with Gasteiger partial charge in [-0.3, -0.25) is 4.79 Å². The van der Waals surface area contributed by atoms with Crippen molar-refractivity contribution in [2.24, 2.45) is 17.8 Å². The topological polar surface area (TPSA) is 26.3 Å². The molecule has 2 aliphatic rings. The minimum absolute atomic E-state index is 0.0497. The van der Waals surface area contributed by atoms with Gasteiger partial charge in [0.25, 0.3) is 0 Å². The maximum absolute atomic E-state index is 11.7. The molecule has 0 bridgehead atoms. The Bertz CT molecular complexity index is 254. The van der Waals surface area contributed by atoms with Gasteiger partial charge in [-0.1, -0.05) is 46.0 Å². The van der Waals surface area contributed by atoms with Crippen LogP contribution >= 0.6 is 0 Å². The highest BCUT2D eigenvalue weighted by Crippen LogP contribution is 2.33. The number of carbonyl (C=O) groups excluding carboxylic acids is 1. The molecule has 0 radical (unpaired) electrons. The predicted octanol–water partition coefficient (Wildman–Crippen LogP) is 3.93. The van der Waals surface area contributed by atoms with Crippen molar-refractivity contribution in [2.75, 3.05) is 0 Å². The fourth-order valence-electron chi connectivity index (χ4n) is 3.30.